The molecule has 1 fully saturated rings. The van der Waals surface area contributed by atoms with Crippen LogP contribution >= 0.6 is 0 Å². The van der Waals surface area contributed by atoms with Crippen LogP contribution < -0.4 is 0 Å². The fourth-order valence-electron chi connectivity index (χ4n) is 3.06. The topological polar surface area (TPSA) is 30.2 Å². The van der Waals surface area contributed by atoms with Crippen molar-refractivity contribution >= 4 is 16.8 Å². The molecule has 1 saturated carbocycles. The van der Waals surface area contributed by atoms with Crippen LogP contribution in [0.4, 0.5) is 4.39 Å². The van der Waals surface area contributed by atoms with E-state index in [2.05, 4.69) is 0 Å². The molecule has 1 aliphatic carbocycles. The second-order valence-corrected chi connectivity index (χ2v) is 5.70. The van der Waals surface area contributed by atoms with Crippen molar-refractivity contribution < 1.29 is 13.6 Å². The Hall–Kier alpha value is -1.64. The molecule has 0 saturated heterocycles. The van der Waals surface area contributed by atoms with Crippen molar-refractivity contribution in [2.24, 2.45) is 5.92 Å². The summed E-state index contributed by atoms with van der Waals surface area (Å²) in [5, 5.41) is 0.666. The van der Waals surface area contributed by atoms with Crippen LogP contribution in [0.5, 0.6) is 0 Å². The molecule has 0 bridgehead atoms. The third-order valence-electron chi connectivity index (χ3n) is 4.20. The number of hydrogen-bond acceptors (Lipinski definition) is 2. The quantitative estimate of drug-likeness (QED) is 0.712. The van der Waals surface area contributed by atoms with Gasteiger partial charge in [-0.2, -0.15) is 0 Å². The highest BCUT2D eigenvalue weighted by molar-refractivity contribution is 5.99. The van der Waals surface area contributed by atoms with E-state index in [9.17, 15) is 9.18 Å². The fourth-order valence-corrected chi connectivity index (χ4v) is 3.06. The molecule has 0 unspecified atom stereocenters. The monoisotopic (exact) mass is 274 g/mol. The molecule has 0 atom stereocenters. The molecule has 2 nitrogen and oxygen atoms in total. The minimum absolute atomic E-state index is 0.0701. The van der Waals surface area contributed by atoms with Crippen LogP contribution in [0, 0.1) is 11.7 Å². The Morgan fingerprint density at radius 3 is 2.50 bits per heavy atom. The van der Waals surface area contributed by atoms with Crippen LogP contribution in [0.3, 0.4) is 0 Å². The molecule has 0 spiro atoms. The van der Waals surface area contributed by atoms with Crippen LogP contribution in [-0.4, -0.2) is 5.78 Å². The van der Waals surface area contributed by atoms with Gasteiger partial charge in [0.2, 0.25) is 5.78 Å². The van der Waals surface area contributed by atoms with E-state index in [4.69, 9.17) is 4.42 Å². The molecule has 3 heteroatoms. The SMILES string of the molecule is O=C(c1cc2cc(F)ccc2o1)C1CCCCCCC1. The first-order valence-electron chi connectivity index (χ1n) is 7.47. The molecule has 0 radical (unpaired) electrons. The molecule has 1 aromatic heterocycles. The van der Waals surface area contributed by atoms with Gasteiger partial charge in [0.25, 0.3) is 0 Å². The summed E-state index contributed by atoms with van der Waals surface area (Å²) in [5.74, 6) is 0.239. The highest BCUT2D eigenvalue weighted by Gasteiger charge is 2.23. The van der Waals surface area contributed by atoms with Gasteiger partial charge in [0.15, 0.2) is 5.76 Å². The zero-order valence-corrected chi connectivity index (χ0v) is 11.5. The molecule has 3 rings (SSSR count). The summed E-state index contributed by atoms with van der Waals surface area (Å²) in [6.45, 7) is 0. The number of benzene rings is 1. The maximum absolute atomic E-state index is 13.2. The first kappa shape index (κ1) is 13.3. The van der Waals surface area contributed by atoms with E-state index in [0.717, 1.165) is 25.7 Å². The van der Waals surface area contributed by atoms with Gasteiger partial charge in [0.05, 0.1) is 0 Å². The Balaban J connectivity index is 1.83. The zero-order valence-electron chi connectivity index (χ0n) is 11.5. The Kier molecular flexibility index (Phi) is 3.86. The van der Waals surface area contributed by atoms with Gasteiger partial charge in [0, 0.05) is 11.3 Å². The number of rotatable bonds is 2. The average molecular weight is 274 g/mol. The van der Waals surface area contributed by atoms with Gasteiger partial charge in [-0.3, -0.25) is 4.79 Å². The summed E-state index contributed by atoms with van der Waals surface area (Å²) < 4.78 is 18.8. The normalized spacial score (nSPS) is 17.9. The lowest BCUT2D eigenvalue weighted by Gasteiger charge is -2.17. The zero-order chi connectivity index (χ0) is 13.9. The van der Waals surface area contributed by atoms with Crippen molar-refractivity contribution in [3.63, 3.8) is 0 Å². The van der Waals surface area contributed by atoms with E-state index >= 15 is 0 Å². The van der Waals surface area contributed by atoms with Crippen molar-refractivity contribution in [1.82, 2.24) is 0 Å². The second-order valence-electron chi connectivity index (χ2n) is 5.70. The van der Waals surface area contributed by atoms with E-state index in [-0.39, 0.29) is 17.5 Å². The largest absolute Gasteiger partial charge is 0.453 e. The Morgan fingerprint density at radius 2 is 1.75 bits per heavy atom. The average Bonchev–Trinajstić information content (AvgIpc) is 2.80. The van der Waals surface area contributed by atoms with Gasteiger partial charge in [-0.1, -0.05) is 32.1 Å². The number of ketones is 1. The predicted octanol–water partition coefficient (Wildman–Crippen LogP) is 5.12. The van der Waals surface area contributed by atoms with Crippen LogP contribution in [0.1, 0.15) is 55.5 Å². The summed E-state index contributed by atoms with van der Waals surface area (Å²) in [6.07, 6.45) is 7.85. The number of halogens is 1. The lowest BCUT2D eigenvalue weighted by molar-refractivity contribution is 0.0872. The Labute approximate surface area is 118 Å². The second kappa shape index (κ2) is 5.78. The van der Waals surface area contributed by atoms with Gasteiger partial charge in [-0.05, 0) is 37.1 Å². The van der Waals surface area contributed by atoms with Crippen LogP contribution in [0.25, 0.3) is 11.0 Å². The molecule has 20 heavy (non-hydrogen) atoms. The lowest BCUT2D eigenvalue weighted by atomic mass is 9.87. The van der Waals surface area contributed by atoms with Gasteiger partial charge in [-0.15, -0.1) is 0 Å². The summed E-state index contributed by atoms with van der Waals surface area (Å²) in [5.41, 5.74) is 0.584. The van der Waals surface area contributed by atoms with E-state index in [1.165, 1.54) is 31.4 Å². The first-order valence-corrected chi connectivity index (χ1v) is 7.47. The molecule has 0 amide bonds. The van der Waals surface area contributed by atoms with Gasteiger partial charge in [-0.25, -0.2) is 4.39 Å². The summed E-state index contributed by atoms with van der Waals surface area (Å²) in [7, 11) is 0. The Bertz CT molecular complexity index is 606. The number of hydrogen-bond donors (Lipinski definition) is 0. The molecule has 2 aromatic rings. The van der Waals surface area contributed by atoms with Gasteiger partial charge in [0.1, 0.15) is 11.4 Å². The van der Waals surface area contributed by atoms with Crippen LogP contribution in [0.15, 0.2) is 28.7 Å². The van der Waals surface area contributed by atoms with Crippen molar-refractivity contribution in [1.29, 1.82) is 0 Å². The molecule has 106 valence electrons. The molecular formula is C17H19FO2. The molecule has 0 aliphatic heterocycles. The molecule has 1 aliphatic rings. The number of carbonyl (C=O) groups is 1. The number of fused-ring (bicyclic) bond motifs is 1. The Morgan fingerprint density at radius 1 is 1.05 bits per heavy atom. The predicted molar refractivity (Wildman–Crippen MR) is 76.3 cm³/mol. The van der Waals surface area contributed by atoms with Crippen molar-refractivity contribution in [3.8, 4) is 0 Å². The minimum Gasteiger partial charge on any atom is -0.453 e. The van der Waals surface area contributed by atoms with E-state index < -0.39 is 0 Å². The number of carbonyl (C=O) groups excluding carboxylic acids is 1. The van der Waals surface area contributed by atoms with Crippen molar-refractivity contribution in [2.75, 3.05) is 0 Å². The van der Waals surface area contributed by atoms with Gasteiger partial charge < -0.3 is 4.42 Å². The highest BCUT2D eigenvalue weighted by Crippen LogP contribution is 2.28. The smallest absolute Gasteiger partial charge is 0.201 e. The number of furan rings is 1. The summed E-state index contributed by atoms with van der Waals surface area (Å²) >= 11 is 0. The third kappa shape index (κ3) is 2.77. The van der Waals surface area contributed by atoms with E-state index in [1.807, 2.05) is 0 Å². The van der Waals surface area contributed by atoms with Crippen molar-refractivity contribution in [3.05, 3.63) is 35.8 Å². The highest BCUT2D eigenvalue weighted by atomic mass is 19.1. The molecular weight excluding hydrogens is 255 g/mol. The minimum atomic E-state index is -0.303. The molecule has 1 aromatic carbocycles. The maximum Gasteiger partial charge on any atom is 0.201 e. The summed E-state index contributed by atoms with van der Waals surface area (Å²) in [6, 6.07) is 6.03. The molecule has 0 N–H and O–H groups in total. The fraction of sp³-hybridized carbons (Fsp3) is 0.471. The standard InChI is InChI=1S/C17H19FO2/c18-14-8-9-15-13(10-14)11-16(20-15)17(19)12-6-4-2-1-3-5-7-12/h8-12H,1-7H2. The van der Waals surface area contributed by atoms with E-state index in [1.54, 1.807) is 12.1 Å². The van der Waals surface area contributed by atoms with Crippen LogP contribution in [-0.2, 0) is 0 Å². The first-order chi connectivity index (χ1) is 9.74. The number of Topliss-reactive ketones (excluding diaryl/α,β-unsaturated/α-hetero) is 1. The molecule has 1 heterocycles. The van der Waals surface area contributed by atoms with Crippen molar-refractivity contribution in [2.45, 2.75) is 44.9 Å². The summed E-state index contributed by atoms with van der Waals surface area (Å²) in [4.78, 5) is 12.5. The van der Waals surface area contributed by atoms with Crippen LogP contribution in [0.2, 0.25) is 0 Å². The van der Waals surface area contributed by atoms with Gasteiger partial charge >= 0.3 is 0 Å². The maximum atomic E-state index is 13.2. The lowest BCUT2D eigenvalue weighted by Crippen LogP contribution is -2.15. The third-order valence-corrected chi connectivity index (χ3v) is 4.20. The van der Waals surface area contributed by atoms with E-state index in [0.29, 0.717) is 16.7 Å².